The molecular weight excluding hydrogens is 265 g/mol. The average molecular weight is 269 g/mol. The summed E-state index contributed by atoms with van der Waals surface area (Å²) in [5, 5.41) is -0.369. The molecule has 0 aliphatic heterocycles. The number of benzene rings is 2. The molecule has 1 nitrogen and oxygen atoms in total. The first-order chi connectivity index (χ1) is 8.99. The van der Waals surface area contributed by atoms with Crippen molar-refractivity contribution in [3.8, 4) is 0 Å². The average Bonchev–Trinajstić information content (AvgIpc) is 2.41. The molecule has 0 fully saturated rings. The topological polar surface area (TPSA) is 12.9 Å². The van der Waals surface area contributed by atoms with E-state index in [4.69, 9.17) is 0 Å². The maximum absolute atomic E-state index is 13.6. The molecule has 3 rings (SSSR count). The van der Waals surface area contributed by atoms with Crippen LogP contribution in [0.25, 0.3) is 21.8 Å². The second kappa shape index (κ2) is 3.88. The van der Waals surface area contributed by atoms with Gasteiger partial charge in [-0.1, -0.05) is 0 Å². The van der Waals surface area contributed by atoms with E-state index in [2.05, 4.69) is 4.98 Å². The molecule has 96 valence electrons. The third-order valence-electron chi connectivity index (χ3n) is 2.80. The highest BCUT2D eigenvalue weighted by Gasteiger charge is 2.21. The molecule has 3 aromatic rings. The van der Waals surface area contributed by atoms with E-state index >= 15 is 0 Å². The lowest BCUT2D eigenvalue weighted by Crippen LogP contribution is -2.00. The first kappa shape index (κ1) is 11.8. The van der Waals surface area contributed by atoms with Crippen LogP contribution in [-0.4, -0.2) is 4.98 Å². The Balaban J connectivity index is 2.55. The molecule has 0 N–H and O–H groups in total. The van der Waals surface area contributed by atoms with Crippen LogP contribution in [0, 0.1) is 29.1 Å². The van der Waals surface area contributed by atoms with Crippen molar-refractivity contribution < 1.29 is 22.0 Å². The predicted molar refractivity (Wildman–Crippen MR) is 59.0 cm³/mol. The third-order valence-corrected chi connectivity index (χ3v) is 2.80. The molecule has 1 aromatic heterocycles. The van der Waals surface area contributed by atoms with Gasteiger partial charge in [0.15, 0.2) is 23.3 Å². The quantitative estimate of drug-likeness (QED) is 0.259. The summed E-state index contributed by atoms with van der Waals surface area (Å²) in [7, 11) is 0. The summed E-state index contributed by atoms with van der Waals surface area (Å²) < 4.78 is 66.3. The summed E-state index contributed by atoms with van der Waals surface area (Å²) in [6.07, 6.45) is 0. The van der Waals surface area contributed by atoms with E-state index in [0.717, 1.165) is 18.2 Å². The minimum atomic E-state index is -1.92. The highest BCUT2D eigenvalue weighted by Crippen LogP contribution is 2.28. The number of nitrogens with zero attached hydrogens (tertiary/aromatic N) is 1. The highest BCUT2D eigenvalue weighted by molar-refractivity contribution is 5.93. The first-order valence-corrected chi connectivity index (χ1v) is 5.21. The Labute approximate surface area is 103 Å². The Hall–Kier alpha value is -2.24. The zero-order chi connectivity index (χ0) is 13.7. The molecule has 2 aromatic carbocycles. The lowest BCUT2D eigenvalue weighted by atomic mass is 10.1. The van der Waals surface area contributed by atoms with Crippen LogP contribution in [-0.2, 0) is 0 Å². The SMILES string of the molecule is Fc1ccc2nc3c(F)c(F)c(F)c(F)c3cc2c1. The van der Waals surface area contributed by atoms with Gasteiger partial charge in [-0.2, -0.15) is 0 Å². The van der Waals surface area contributed by atoms with E-state index in [1.807, 2.05) is 0 Å². The fraction of sp³-hybridized carbons (Fsp3) is 0. The van der Waals surface area contributed by atoms with Gasteiger partial charge in [0.25, 0.3) is 0 Å². The Kier molecular flexibility index (Phi) is 2.41. The van der Waals surface area contributed by atoms with E-state index in [-0.39, 0.29) is 10.9 Å². The van der Waals surface area contributed by atoms with Crippen molar-refractivity contribution in [2.75, 3.05) is 0 Å². The van der Waals surface area contributed by atoms with Gasteiger partial charge in [0.05, 0.1) is 5.52 Å². The first-order valence-electron chi connectivity index (χ1n) is 5.21. The van der Waals surface area contributed by atoms with Crippen molar-refractivity contribution in [1.29, 1.82) is 0 Å². The van der Waals surface area contributed by atoms with Crippen LogP contribution in [0.5, 0.6) is 0 Å². The van der Waals surface area contributed by atoms with Crippen LogP contribution in [0.4, 0.5) is 22.0 Å². The van der Waals surface area contributed by atoms with Gasteiger partial charge < -0.3 is 0 Å². The fourth-order valence-corrected chi connectivity index (χ4v) is 1.90. The Morgan fingerprint density at radius 3 is 2.16 bits per heavy atom. The van der Waals surface area contributed by atoms with Crippen LogP contribution in [0.2, 0.25) is 0 Å². The summed E-state index contributed by atoms with van der Waals surface area (Å²) >= 11 is 0. The second-order valence-electron chi connectivity index (χ2n) is 3.98. The van der Waals surface area contributed by atoms with Gasteiger partial charge in [0.1, 0.15) is 11.3 Å². The lowest BCUT2D eigenvalue weighted by molar-refractivity contribution is 0.417. The molecule has 0 aliphatic carbocycles. The summed E-state index contributed by atoms with van der Waals surface area (Å²) in [4.78, 5) is 3.69. The van der Waals surface area contributed by atoms with Gasteiger partial charge in [0, 0.05) is 10.8 Å². The summed E-state index contributed by atoms with van der Waals surface area (Å²) in [6, 6.07) is 4.39. The molecule has 1 heterocycles. The Morgan fingerprint density at radius 2 is 1.42 bits per heavy atom. The largest absolute Gasteiger partial charge is 0.244 e. The number of hydrogen-bond acceptors (Lipinski definition) is 1. The van der Waals surface area contributed by atoms with E-state index in [9.17, 15) is 22.0 Å². The van der Waals surface area contributed by atoms with Gasteiger partial charge in [-0.05, 0) is 24.3 Å². The number of hydrogen-bond donors (Lipinski definition) is 0. The predicted octanol–water partition coefficient (Wildman–Crippen LogP) is 4.08. The van der Waals surface area contributed by atoms with Crippen molar-refractivity contribution in [2.24, 2.45) is 0 Å². The maximum Gasteiger partial charge on any atom is 0.199 e. The molecule has 19 heavy (non-hydrogen) atoms. The number of aromatic nitrogens is 1. The number of halogens is 5. The molecule has 0 saturated heterocycles. The monoisotopic (exact) mass is 269 g/mol. The Bertz CT molecular complexity index is 828. The zero-order valence-corrected chi connectivity index (χ0v) is 9.15. The van der Waals surface area contributed by atoms with Crippen molar-refractivity contribution in [2.45, 2.75) is 0 Å². The van der Waals surface area contributed by atoms with E-state index in [1.54, 1.807) is 0 Å². The van der Waals surface area contributed by atoms with Crippen LogP contribution < -0.4 is 0 Å². The standard InChI is InChI=1S/C13H4F5N/c14-6-1-2-8-5(3-6)4-7-9(15)10(16)11(17)12(18)13(7)19-8/h1-4H. The Morgan fingerprint density at radius 1 is 0.737 bits per heavy atom. The van der Waals surface area contributed by atoms with Crippen LogP contribution in [0.3, 0.4) is 0 Å². The molecule has 6 heteroatoms. The number of rotatable bonds is 0. The third kappa shape index (κ3) is 1.63. The van der Waals surface area contributed by atoms with E-state index in [0.29, 0.717) is 0 Å². The van der Waals surface area contributed by atoms with Crippen LogP contribution in [0.15, 0.2) is 24.3 Å². The molecule has 0 unspecified atom stereocenters. The van der Waals surface area contributed by atoms with E-state index < -0.39 is 40.0 Å². The van der Waals surface area contributed by atoms with Crippen LogP contribution >= 0.6 is 0 Å². The minimum absolute atomic E-state index is 0.151. The molecule has 0 aliphatic rings. The summed E-state index contributed by atoms with van der Waals surface area (Å²) in [5.74, 6) is -7.55. The van der Waals surface area contributed by atoms with Crippen molar-refractivity contribution >= 4 is 21.8 Å². The van der Waals surface area contributed by atoms with Gasteiger partial charge in [-0.15, -0.1) is 0 Å². The molecule has 0 atom stereocenters. The fourth-order valence-electron chi connectivity index (χ4n) is 1.90. The minimum Gasteiger partial charge on any atom is -0.244 e. The van der Waals surface area contributed by atoms with Crippen LogP contribution in [0.1, 0.15) is 0 Å². The number of pyridine rings is 1. The molecule has 0 spiro atoms. The smallest absolute Gasteiger partial charge is 0.199 e. The zero-order valence-electron chi connectivity index (χ0n) is 9.15. The molecular formula is C13H4F5N. The molecule has 0 amide bonds. The van der Waals surface area contributed by atoms with Gasteiger partial charge in [-0.3, -0.25) is 0 Å². The maximum atomic E-state index is 13.6. The van der Waals surface area contributed by atoms with Crippen molar-refractivity contribution in [3.05, 3.63) is 53.4 Å². The van der Waals surface area contributed by atoms with Gasteiger partial charge in [-0.25, -0.2) is 26.9 Å². The van der Waals surface area contributed by atoms with Crippen molar-refractivity contribution in [3.63, 3.8) is 0 Å². The number of fused-ring (bicyclic) bond motifs is 2. The molecule has 0 bridgehead atoms. The normalized spacial score (nSPS) is 11.4. The van der Waals surface area contributed by atoms with Gasteiger partial charge in [0.2, 0.25) is 0 Å². The second-order valence-corrected chi connectivity index (χ2v) is 3.98. The van der Waals surface area contributed by atoms with E-state index in [1.165, 1.54) is 6.07 Å². The lowest BCUT2D eigenvalue weighted by Gasteiger charge is -2.06. The molecule has 0 saturated carbocycles. The molecule has 0 radical (unpaired) electrons. The summed E-state index contributed by atoms with van der Waals surface area (Å²) in [5.41, 5.74) is -0.478. The van der Waals surface area contributed by atoms with Crippen molar-refractivity contribution in [1.82, 2.24) is 4.98 Å². The summed E-state index contributed by atoms with van der Waals surface area (Å²) in [6.45, 7) is 0. The van der Waals surface area contributed by atoms with Gasteiger partial charge >= 0.3 is 0 Å². The highest BCUT2D eigenvalue weighted by atomic mass is 19.2.